The molecule has 2 atom stereocenters. The largest absolute Gasteiger partial charge is 0.325 e. The Morgan fingerprint density at radius 2 is 1.72 bits per heavy atom. The molecule has 0 aliphatic carbocycles. The molecule has 3 nitrogen and oxygen atoms in total. The van der Waals surface area contributed by atoms with E-state index in [4.69, 9.17) is 6.57 Å². The number of hydrogen-bond acceptors (Lipinski definition) is 2. The van der Waals surface area contributed by atoms with Crippen molar-refractivity contribution < 1.29 is 8.42 Å². The van der Waals surface area contributed by atoms with Crippen molar-refractivity contribution in [1.82, 2.24) is 0 Å². The summed E-state index contributed by atoms with van der Waals surface area (Å²) in [5.41, 5.74) is 1.01. The molecule has 0 N–H and O–H groups in total. The second kappa shape index (κ2) is 11.1. The first-order chi connectivity index (χ1) is 11.9. The summed E-state index contributed by atoms with van der Waals surface area (Å²) in [6.45, 7) is 15.0. The predicted molar refractivity (Wildman–Crippen MR) is 105 cm³/mol. The summed E-state index contributed by atoms with van der Waals surface area (Å²) >= 11 is 0. The van der Waals surface area contributed by atoms with Crippen molar-refractivity contribution in [2.75, 3.05) is 0 Å². The lowest BCUT2D eigenvalue weighted by Crippen LogP contribution is -2.20. The van der Waals surface area contributed by atoms with Crippen molar-refractivity contribution in [2.45, 2.75) is 75.5 Å². The summed E-state index contributed by atoms with van der Waals surface area (Å²) in [7, 11) is -3.57. The third kappa shape index (κ3) is 7.44. The summed E-state index contributed by atoms with van der Waals surface area (Å²) in [5.74, 6) is 0.243. The fraction of sp³-hybridized carbons (Fsp3) is 0.571. The molecule has 0 aromatic heterocycles. The lowest BCUT2D eigenvalue weighted by Gasteiger charge is -2.13. The van der Waals surface area contributed by atoms with Crippen molar-refractivity contribution in [3.63, 3.8) is 0 Å². The lowest BCUT2D eigenvalue weighted by atomic mass is 9.99. The molecule has 0 saturated heterocycles. The van der Waals surface area contributed by atoms with E-state index >= 15 is 0 Å². The number of rotatable bonds is 12. The van der Waals surface area contributed by atoms with Crippen LogP contribution in [0, 0.1) is 19.4 Å². The van der Waals surface area contributed by atoms with Gasteiger partial charge in [0.1, 0.15) is 0 Å². The van der Waals surface area contributed by atoms with Crippen molar-refractivity contribution in [3.05, 3.63) is 53.9 Å². The Morgan fingerprint density at radius 3 is 2.32 bits per heavy atom. The Kier molecular flexibility index (Phi) is 9.52. The van der Waals surface area contributed by atoms with E-state index in [0.29, 0.717) is 6.42 Å². The summed E-state index contributed by atoms with van der Waals surface area (Å²) in [6.07, 6.45) is 10.4. The highest BCUT2D eigenvalue weighted by Crippen LogP contribution is 2.25. The van der Waals surface area contributed by atoms with Crippen molar-refractivity contribution in [1.29, 1.82) is 0 Å². The molecule has 0 bridgehead atoms. The minimum atomic E-state index is -3.57. The van der Waals surface area contributed by atoms with E-state index in [-0.39, 0.29) is 10.8 Å². The minimum Gasteiger partial charge on any atom is -0.296 e. The first-order valence-corrected chi connectivity index (χ1v) is 10.7. The van der Waals surface area contributed by atoms with Crippen LogP contribution in [0.5, 0.6) is 0 Å². The van der Waals surface area contributed by atoms with Gasteiger partial charge in [-0.3, -0.25) is 4.85 Å². The number of benzene rings is 1. The van der Waals surface area contributed by atoms with Crippen molar-refractivity contribution in [2.24, 2.45) is 5.92 Å². The van der Waals surface area contributed by atoms with Crippen molar-refractivity contribution >= 4 is 9.84 Å². The van der Waals surface area contributed by atoms with Crippen molar-refractivity contribution in [3.8, 4) is 0 Å². The van der Waals surface area contributed by atoms with Gasteiger partial charge in [0.15, 0.2) is 0 Å². The van der Waals surface area contributed by atoms with Crippen LogP contribution >= 0.6 is 0 Å². The average Bonchev–Trinajstić information content (AvgIpc) is 2.59. The molecule has 1 aromatic carbocycles. The molecule has 0 spiro atoms. The van der Waals surface area contributed by atoms with Crippen LogP contribution in [-0.2, 0) is 9.84 Å². The third-order valence-corrected chi connectivity index (χ3v) is 6.50. The second-order valence-electron chi connectivity index (χ2n) is 6.92. The maximum absolute atomic E-state index is 12.7. The van der Waals surface area contributed by atoms with Gasteiger partial charge in [-0.05, 0) is 37.8 Å². The summed E-state index contributed by atoms with van der Waals surface area (Å²) in [4.78, 5) is 3.69. The normalized spacial score (nSPS) is 13.8. The highest BCUT2D eigenvalue weighted by Gasteiger charge is 2.33. The molecule has 25 heavy (non-hydrogen) atoms. The average molecular weight is 362 g/mol. The predicted octanol–water partition coefficient (Wildman–Crippen LogP) is 5.96. The van der Waals surface area contributed by atoms with Crippen LogP contribution in [0.25, 0.3) is 4.85 Å². The Morgan fingerprint density at radius 1 is 1.12 bits per heavy atom. The Labute approximate surface area is 153 Å². The molecule has 0 aliphatic heterocycles. The SMILES string of the molecule is [C-]#[N+]C(C[C@H](C)CCCCCCCC=C)S(=O)(=O)c1ccc(C)cc1. The quantitative estimate of drug-likeness (QED) is 0.262. The van der Waals surface area contributed by atoms with Crippen LogP contribution in [0.3, 0.4) is 0 Å². The number of unbranched alkanes of at least 4 members (excludes halogenated alkanes) is 5. The fourth-order valence-electron chi connectivity index (χ4n) is 2.91. The summed E-state index contributed by atoms with van der Waals surface area (Å²) in [6, 6.07) is 6.78. The Bertz CT molecular complexity index is 656. The van der Waals surface area contributed by atoms with Gasteiger partial charge in [-0.25, -0.2) is 15.0 Å². The zero-order valence-corrected chi connectivity index (χ0v) is 16.4. The van der Waals surface area contributed by atoms with Crippen LogP contribution in [0.2, 0.25) is 0 Å². The van der Waals surface area contributed by atoms with E-state index in [1.807, 2.05) is 13.0 Å². The van der Waals surface area contributed by atoms with E-state index in [1.54, 1.807) is 24.3 Å². The van der Waals surface area contributed by atoms with Gasteiger partial charge in [0, 0.05) is 6.42 Å². The second-order valence-corrected chi connectivity index (χ2v) is 9.02. The van der Waals surface area contributed by atoms with Gasteiger partial charge in [-0.15, -0.1) is 6.58 Å². The van der Waals surface area contributed by atoms with E-state index in [0.717, 1.165) is 24.8 Å². The van der Waals surface area contributed by atoms with Gasteiger partial charge in [-0.1, -0.05) is 62.8 Å². The molecule has 4 heteroatoms. The standard InChI is InChI=1S/C21H31NO2S/c1-5-6-7-8-9-10-11-12-19(3)17-21(22-4)25(23,24)20-15-13-18(2)14-16-20/h5,13-16,19,21H,1,6-12,17H2,2-3H3/t19-,21?/m1/s1. The van der Waals surface area contributed by atoms with Crippen LogP contribution < -0.4 is 0 Å². The first-order valence-electron chi connectivity index (χ1n) is 9.19. The van der Waals surface area contributed by atoms with Crippen LogP contribution in [-0.4, -0.2) is 13.8 Å². The van der Waals surface area contributed by atoms with Gasteiger partial charge in [-0.2, -0.15) is 0 Å². The molecule has 0 heterocycles. The van der Waals surface area contributed by atoms with Gasteiger partial charge in [0.05, 0.1) is 4.90 Å². The molecule has 0 fully saturated rings. The molecule has 0 radical (unpaired) electrons. The lowest BCUT2D eigenvalue weighted by molar-refractivity contribution is 0.455. The van der Waals surface area contributed by atoms with E-state index in [2.05, 4.69) is 18.3 Å². The molecule has 0 saturated carbocycles. The molecule has 1 rings (SSSR count). The number of nitrogens with zero attached hydrogens (tertiary/aromatic N) is 1. The van der Waals surface area contributed by atoms with E-state index in [9.17, 15) is 8.42 Å². The zero-order valence-electron chi connectivity index (χ0n) is 15.6. The molecule has 0 aliphatic rings. The maximum atomic E-state index is 12.7. The molecule has 0 amide bonds. The minimum absolute atomic E-state index is 0.243. The topological polar surface area (TPSA) is 38.5 Å². The number of hydrogen-bond donors (Lipinski definition) is 0. The molecular weight excluding hydrogens is 330 g/mol. The molecule has 1 unspecified atom stereocenters. The monoisotopic (exact) mass is 361 g/mol. The number of aryl methyl sites for hydroxylation is 1. The van der Waals surface area contributed by atoms with E-state index in [1.165, 1.54) is 25.7 Å². The number of allylic oxidation sites excluding steroid dienone is 1. The van der Waals surface area contributed by atoms with Crippen LogP contribution in [0.15, 0.2) is 41.8 Å². The first kappa shape index (κ1) is 21.4. The molecule has 1 aromatic rings. The Balaban J connectivity index is 2.48. The van der Waals surface area contributed by atoms with Crippen LogP contribution in [0.4, 0.5) is 0 Å². The molecule has 138 valence electrons. The maximum Gasteiger partial charge on any atom is 0.325 e. The third-order valence-electron chi connectivity index (χ3n) is 4.56. The molecular formula is C21H31NO2S. The highest BCUT2D eigenvalue weighted by atomic mass is 32.2. The van der Waals surface area contributed by atoms with Gasteiger partial charge in [0.2, 0.25) is 0 Å². The fourth-order valence-corrected chi connectivity index (χ4v) is 4.46. The zero-order chi connectivity index (χ0) is 18.7. The van der Waals surface area contributed by atoms with Gasteiger partial charge >= 0.3 is 5.37 Å². The van der Waals surface area contributed by atoms with Gasteiger partial charge in [0.25, 0.3) is 9.84 Å². The van der Waals surface area contributed by atoms with E-state index < -0.39 is 15.2 Å². The smallest absolute Gasteiger partial charge is 0.296 e. The summed E-state index contributed by atoms with van der Waals surface area (Å²) < 4.78 is 25.3. The summed E-state index contributed by atoms with van der Waals surface area (Å²) in [5, 5.41) is -0.974. The number of sulfone groups is 1. The highest BCUT2D eigenvalue weighted by molar-refractivity contribution is 7.92. The van der Waals surface area contributed by atoms with Gasteiger partial charge < -0.3 is 0 Å². The van der Waals surface area contributed by atoms with Crippen LogP contribution in [0.1, 0.15) is 63.9 Å². The Hall–Kier alpha value is -1.60.